The molecule has 2 aliphatic heterocycles. The van der Waals surface area contributed by atoms with E-state index in [2.05, 4.69) is 0 Å². The fourth-order valence-electron chi connectivity index (χ4n) is 4.22. The molecule has 0 radical (unpaired) electrons. The van der Waals surface area contributed by atoms with Gasteiger partial charge in [0, 0.05) is 23.7 Å². The highest BCUT2D eigenvalue weighted by molar-refractivity contribution is 6.32. The molecular weight excluding hydrogens is 388 g/mol. The summed E-state index contributed by atoms with van der Waals surface area (Å²) in [5.41, 5.74) is 11.4. The first kappa shape index (κ1) is 21.3. The van der Waals surface area contributed by atoms with E-state index < -0.39 is 17.9 Å². The average molecular weight is 416 g/mol. The second kappa shape index (κ2) is 8.51. The molecule has 0 spiro atoms. The number of rotatable bonds is 7. The molecule has 0 saturated carbocycles. The lowest BCUT2D eigenvalue weighted by Gasteiger charge is -2.40. The van der Waals surface area contributed by atoms with Crippen LogP contribution in [-0.2, 0) is 10.7 Å². The molecule has 8 heteroatoms. The largest absolute Gasteiger partial charge is 0.492 e. The second-order valence-corrected chi connectivity index (χ2v) is 8.22. The van der Waals surface area contributed by atoms with Gasteiger partial charge in [-0.05, 0) is 44.2 Å². The zero-order valence-corrected chi connectivity index (χ0v) is 16.8. The van der Waals surface area contributed by atoms with Crippen molar-refractivity contribution in [2.45, 2.75) is 75.5 Å². The number of nitrogens with zero attached hydrogens (tertiary/aromatic N) is 1. The Balaban J connectivity index is 1.78. The van der Waals surface area contributed by atoms with Gasteiger partial charge in [0.1, 0.15) is 5.75 Å². The van der Waals surface area contributed by atoms with Crippen molar-refractivity contribution in [2.24, 2.45) is 11.5 Å². The lowest BCUT2D eigenvalue weighted by molar-refractivity contribution is -0.147. The fraction of sp³-hybridized carbons (Fsp3) is 0.650. The Hall–Kier alpha value is -1.44. The Morgan fingerprint density at radius 2 is 2.00 bits per heavy atom. The molecule has 4 N–H and O–H groups in total. The predicted octanol–water partition coefficient (Wildman–Crippen LogP) is 3.42. The molecule has 2 fully saturated rings. The quantitative estimate of drug-likeness (QED) is 0.668. The van der Waals surface area contributed by atoms with Gasteiger partial charge in [0.05, 0.1) is 11.6 Å². The van der Waals surface area contributed by atoms with E-state index >= 15 is 8.78 Å². The molecule has 5 nitrogen and oxygen atoms in total. The third kappa shape index (κ3) is 4.11. The molecule has 28 heavy (non-hydrogen) atoms. The zero-order valence-electron chi connectivity index (χ0n) is 16.0. The number of amides is 1. The highest BCUT2D eigenvalue weighted by Gasteiger charge is 2.50. The number of fused-ring (bicyclic) bond motifs is 2. The van der Waals surface area contributed by atoms with Gasteiger partial charge in [0.15, 0.2) is 6.04 Å². The SMILES string of the molecule is CCCCOc1cc(C(F)(F)C(N)C(=O)N2C3CCC2CC(N)C3)ccc1Cl. The van der Waals surface area contributed by atoms with Crippen LogP contribution in [0.15, 0.2) is 18.2 Å². The summed E-state index contributed by atoms with van der Waals surface area (Å²) < 4.78 is 35.7. The first-order valence-electron chi connectivity index (χ1n) is 9.89. The molecule has 2 bridgehead atoms. The molecule has 0 aliphatic carbocycles. The monoisotopic (exact) mass is 415 g/mol. The van der Waals surface area contributed by atoms with Gasteiger partial charge in [0.2, 0.25) is 5.91 Å². The summed E-state index contributed by atoms with van der Waals surface area (Å²) >= 11 is 6.06. The molecule has 2 heterocycles. The number of benzene rings is 1. The van der Waals surface area contributed by atoms with E-state index in [1.165, 1.54) is 18.2 Å². The minimum absolute atomic E-state index is 0.0115. The maximum absolute atomic E-state index is 15.1. The molecular formula is C20H28ClF2N3O2. The van der Waals surface area contributed by atoms with Gasteiger partial charge in [-0.15, -0.1) is 0 Å². The summed E-state index contributed by atoms with van der Waals surface area (Å²) in [5, 5.41) is 0.249. The summed E-state index contributed by atoms with van der Waals surface area (Å²) in [5.74, 6) is -4.08. The van der Waals surface area contributed by atoms with Gasteiger partial charge >= 0.3 is 0 Å². The third-order valence-corrected chi connectivity index (χ3v) is 6.06. The van der Waals surface area contributed by atoms with E-state index in [0.717, 1.165) is 25.7 Å². The van der Waals surface area contributed by atoms with E-state index in [1.54, 1.807) is 4.90 Å². The predicted molar refractivity (Wildman–Crippen MR) is 105 cm³/mol. The maximum Gasteiger partial charge on any atom is 0.297 e. The van der Waals surface area contributed by atoms with Crippen molar-refractivity contribution < 1.29 is 18.3 Å². The fourth-order valence-corrected chi connectivity index (χ4v) is 4.39. The van der Waals surface area contributed by atoms with Crippen LogP contribution < -0.4 is 16.2 Å². The lowest BCUT2D eigenvalue weighted by atomic mass is 9.94. The van der Waals surface area contributed by atoms with Crippen LogP contribution in [0.4, 0.5) is 8.78 Å². The van der Waals surface area contributed by atoms with E-state index in [9.17, 15) is 4.79 Å². The first-order chi connectivity index (χ1) is 13.3. The van der Waals surface area contributed by atoms with Gasteiger partial charge in [-0.3, -0.25) is 4.79 Å². The Labute approximate surface area is 169 Å². The van der Waals surface area contributed by atoms with Crippen molar-refractivity contribution in [3.05, 3.63) is 28.8 Å². The maximum atomic E-state index is 15.1. The minimum atomic E-state index is -3.54. The van der Waals surface area contributed by atoms with Crippen LogP contribution in [0.25, 0.3) is 0 Å². The highest BCUT2D eigenvalue weighted by Crippen LogP contribution is 2.40. The normalized spacial score (nSPS) is 25.6. The van der Waals surface area contributed by atoms with Gasteiger partial charge in [-0.1, -0.05) is 31.0 Å². The van der Waals surface area contributed by atoms with Gasteiger partial charge in [-0.2, -0.15) is 8.78 Å². The number of carbonyl (C=O) groups is 1. The molecule has 2 aliphatic rings. The van der Waals surface area contributed by atoms with E-state index in [0.29, 0.717) is 19.4 Å². The topological polar surface area (TPSA) is 81.6 Å². The Kier molecular flexibility index (Phi) is 6.47. The number of ether oxygens (including phenoxy) is 1. The third-order valence-electron chi connectivity index (χ3n) is 5.75. The summed E-state index contributed by atoms with van der Waals surface area (Å²) in [6.07, 6.45) is 4.55. The average Bonchev–Trinajstić information content (AvgIpc) is 2.93. The molecule has 3 unspecified atom stereocenters. The van der Waals surface area contributed by atoms with Crippen molar-refractivity contribution in [1.82, 2.24) is 4.90 Å². The number of hydrogen-bond acceptors (Lipinski definition) is 4. The molecule has 1 amide bonds. The van der Waals surface area contributed by atoms with Crippen molar-refractivity contribution >= 4 is 17.5 Å². The smallest absolute Gasteiger partial charge is 0.297 e. The van der Waals surface area contributed by atoms with Crippen molar-refractivity contribution in [3.63, 3.8) is 0 Å². The number of halogens is 3. The summed E-state index contributed by atoms with van der Waals surface area (Å²) in [7, 11) is 0. The number of unbranched alkanes of at least 4 members (excludes halogenated alkanes) is 1. The Bertz CT molecular complexity index is 705. The number of nitrogens with two attached hydrogens (primary N) is 2. The molecule has 156 valence electrons. The molecule has 1 aromatic carbocycles. The van der Waals surface area contributed by atoms with Crippen molar-refractivity contribution in [2.75, 3.05) is 6.61 Å². The summed E-state index contributed by atoms with van der Waals surface area (Å²) in [6.45, 7) is 2.38. The van der Waals surface area contributed by atoms with Crippen LogP contribution in [0.3, 0.4) is 0 Å². The summed E-state index contributed by atoms with van der Waals surface area (Å²) in [6, 6.07) is 1.59. The molecule has 3 atom stereocenters. The first-order valence-corrected chi connectivity index (χ1v) is 10.3. The molecule has 3 rings (SSSR count). The van der Waals surface area contributed by atoms with Crippen LogP contribution in [0, 0.1) is 0 Å². The molecule has 0 aromatic heterocycles. The number of hydrogen-bond donors (Lipinski definition) is 2. The van der Waals surface area contributed by atoms with Crippen LogP contribution >= 0.6 is 11.6 Å². The van der Waals surface area contributed by atoms with Gasteiger partial charge < -0.3 is 21.1 Å². The van der Waals surface area contributed by atoms with E-state index in [-0.39, 0.29) is 34.5 Å². The van der Waals surface area contributed by atoms with Crippen LogP contribution in [0.1, 0.15) is 51.0 Å². The van der Waals surface area contributed by atoms with Crippen LogP contribution in [-0.4, -0.2) is 41.6 Å². The Morgan fingerprint density at radius 1 is 1.36 bits per heavy atom. The molecule has 1 aromatic rings. The van der Waals surface area contributed by atoms with Gasteiger partial charge in [0.25, 0.3) is 5.92 Å². The van der Waals surface area contributed by atoms with Crippen molar-refractivity contribution in [3.8, 4) is 5.75 Å². The second-order valence-electron chi connectivity index (χ2n) is 7.81. The van der Waals surface area contributed by atoms with Crippen molar-refractivity contribution in [1.29, 1.82) is 0 Å². The van der Waals surface area contributed by atoms with Crippen LogP contribution in [0.2, 0.25) is 5.02 Å². The number of piperidine rings is 1. The molecule has 2 saturated heterocycles. The summed E-state index contributed by atoms with van der Waals surface area (Å²) in [4.78, 5) is 14.4. The van der Waals surface area contributed by atoms with Crippen LogP contribution in [0.5, 0.6) is 5.75 Å². The van der Waals surface area contributed by atoms with E-state index in [4.69, 9.17) is 27.8 Å². The lowest BCUT2D eigenvalue weighted by Crippen LogP contribution is -2.58. The number of alkyl halides is 2. The van der Waals surface area contributed by atoms with E-state index in [1.807, 2.05) is 6.92 Å². The highest BCUT2D eigenvalue weighted by atomic mass is 35.5. The minimum Gasteiger partial charge on any atom is -0.492 e. The zero-order chi connectivity index (χ0) is 20.5. The Morgan fingerprint density at radius 3 is 2.61 bits per heavy atom. The number of carbonyl (C=O) groups excluding carboxylic acids is 1. The standard InChI is InChI=1S/C20H28ClF2N3O2/c1-2-3-8-28-17-9-12(4-7-16(17)21)20(22,23)18(25)19(27)26-14-5-6-15(26)11-13(24)10-14/h4,7,9,13-15,18H,2-3,5-6,8,10-11,24-25H2,1H3. The van der Waals surface area contributed by atoms with Gasteiger partial charge in [-0.25, -0.2) is 0 Å².